The van der Waals surface area contributed by atoms with Crippen molar-refractivity contribution in [2.45, 2.75) is 24.8 Å². The number of halogens is 7. The molecule has 0 saturated carbocycles. The van der Waals surface area contributed by atoms with Crippen LogP contribution in [0.25, 0.3) is 0 Å². The number of benzene rings is 1. The number of rotatable bonds is 7. The number of pyridine rings is 2. The Morgan fingerprint density at radius 3 is 2.33 bits per heavy atom. The average molecular weight is 589 g/mol. The van der Waals surface area contributed by atoms with Crippen LogP contribution in [0.1, 0.15) is 39.4 Å². The lowest BCUT2D eigenvalue weighted by Gasteiger charge is -2.21. The van der Waals surface area contributed by atoms with Gasteiger partial charge in [0.1, 0.15) is 11.7 Å². The van der Waals surface area contributed by atoms with Gasteiger partial charge in [0, 0.05) is 42.9 Å². The van der Waals surface area contributed by atoms with Crippen molar-refractivity contribution in [3.05, 3.63) is 106 Å². The van der Waals surface area contributed by atoms with E-state index in [0.29, 0.717) is 11.1 Å². The smallest absolute Gasteiger partial charge is 0.348 e. The number of aromatic nitrogens is 2. The predicted molar refractivity (Wildman–Crippen MR) is 133 cm³/mol. The van der Waals surface area contributed by atoms with Gasteiger partial charge in [0.2, 0.25) is 11.8 Å². The molecular weight excluding hydrogens is 571 g/mol. The standard InChI is InChI=1S/C28H18F7N5O2/c29-21-7-5-19(6-8-21)24(25-22(28(33,34)35)12-20(16-40-25)27(30,31)32)26(42)38-10-2-3-17-11-18(14-37-13-17)15-39-23(41)4-1-9-36/h1,4-8,11-14,16,24H,10,15H2,(H,38,42)(H,39,41)/b4-1+. The van der Waals surface area contributed by atoms with Crippen LogP contribution in [0.4, 0.5) is 30.7 Å². The maximum absolute atomic E-state index is 13.8. The highest BCUT2D eigenvalue weighted by atomic mass is 19.4. The van der Waals surface area contributed by atoms with Gasteiger partial charge in [0.15, 0.2) is 0 Å². The molecule has 0 saturated heterocycles. The molecule has 0 aliphatic heterocycles. The molecule has 0 bridgehead atoms. The van der Waals surface area contributed by atoms with Crippen LogP contribution in [-0.4, -0.2) is 28.3 Å². The van der Waals surface area contributed by atoms with E-state index in [2.05, 4.69) is 32.4 Å². The molecule has 2 aromatic heterocycles. The number of carbonyl (C=O) groups is 2. The lowest BCUT2D eigenvalue weighted by molar-refractivity contribution is -0.144. The average Bonchev–Trinajstić information content (AvgIpc) is 2.93. The molecule has 0 radical (unpaired) electrons. The maximum Gasteiger partial charge on any atom is 0.418 e. The quantitative estimate of drug-likeness (QED) is 0.181. The lowest BCUT2D eigenvalue weighted by Crippen LogP contribution is -2.32. The minimum atomic E-state index is -5.30. The number of amides is 2. The van der Waals surface area contributed by atoms with E-state index in [1.54, 1.807) is 12.1 Å². The molecule has 2 N–H and O–H groups in total. The molecule has 3 aromatic rings. The lowest BCUT2D eigenvalue weighted by atomic mass is 9.90. The number of hydrogen-bond acceptors (Lipinski definition) is 5. The Hall–Kier alpha value is -5.24. The molecule has 2 amide bonds. The third kappa shape index (κ3) is 8.63. The van der Waals surface area contributed by atoms with E-state index in [1.807, 2.05) is 0 Å². The number of nitrogens with zero attached hydrogens (tertiary/aromatic N) is 3. The fraction of sp³-hybridized carbons (Fsp3) is 0.179. The number of nitrogens with one attached hydrogen (secondary N) is 2. The van der Waals surface area contributed by atoms with Gasteiger partial charge in [0.25, 0.3) is 0 Å². The summed E-state index contributed by atoms with van der Waals surface area (Å²) in [4.78, 5) is 32.0. The van der Waals surface area contributed by atoms with Gasteiger partial charge in [-0.25, -0.2) is 4.39 Å². The Balaban J connectivity index is 1.84. The van der Waals surface area contributed by atoms with Crippen molar-refractivity contribution >= 4 is 11.8 Å². The van der Waals surface area contributed by atoms with Gasteiger partial charge in [-0.2, -0.15) is 31.6 Å². The Bertz CT molecular complexity index is 1580. The van der Waals surface area contributed by atoms with E-state index in [4.69, 9.17) is 5.26 Å². The molecule has 0 fully saturated rings. The van der Waals surface area contributed by atoms with E-state index in [0.717, 1.165) is 36.4 Å². The topological polar surface area (TPSA) is 108 Å². The summed E-state index contributed by atoms with van der Waals surface area (Å²) in [5, 5.41) is 13.3. The van der Waals surface area contributed by atoms with Crippen molar-refractivity contribution in [1.29, 1.82) is 5.26 Å². The fourth-order valence-electron chi connectivity index (χ4n) is 3.57. The summed E-state index contributed by atoms with van der Waals surface area (Å²) in [7, 11) is 0. The molecule has 0 aliphatic rings. The van der Waals surface area contributed by atoms with Crippen molar-refractivity contribution < 1.29 is 40.3 Å². The molecule has 1 atom stereocenters. The predicted octanol–water partition coefficient (Wildman–Crippen LogP) is 4.65. The van der Waals surface area contributed by atoms with Crippen LogP contribution >= 0.6 is 0 Å². The van der Waals surface area contributed by atoms with E-state index in [-0.39, 0.29) is 24.4 Å². The van der Waals surface area contributed by atoms with Crippen LogP contribution in [0.5, 0.6) is 0 Å². The summed E-state index contributed by atoms with van der Waals surface area (Å²) in [6.07, 6.45) is -5.37. The van der Waals surface area contributed by atoms with Crippen molar-refractivity contribution in [2.24, 2.45) is 0 Å². The zero-order chi connectivity index (χ0) is 30.9. The fourth-order valence-corrected chi connectivity index (χ4v) is 3.57. The number of hydrogen-bond donors (Lipinski definition) is 2. The first kappa shape index (κ1) is 31.3. The Kier molecular flexibility index (Phi) is 9.99. The van der Waals surface area contributed by atoms with Crippen LogP contribution in [0.2, 0.25) is 0 Å². The van der Waals surface area contributed by atoms with Gasteiger partial charge < -0.3 is 10.6 Å². The normalized spacial score (nSPS) is 12.1. The molecule has 14 heteroatoms. The molecule has 1 unspecified atom stereocenters. The van der Waals surface area contributed by atoms with Gasteiger partial charge in [0.05, 0.1) is 29.4 Å². The number of allylic oxidation sites excluding steroid dienone is 1. The van der Waals surface area contributed by atoms with Crippen LogP contribution in [0.15, 0.2) is 67.1 Å². The summed E-state index contributed by atoms with van der Waals surface area (Å²) < 4.78 is 94.4. The number of alkyl halides is 6. The molecule has 216 valence electrons. The monoisotopic (exact) mass is 589 g/mol. The van der Waals surface area contributed by atoms with Crippen LogP contribution in [0.3, 0.4) is 0 Å². The Labute approximate surface area is 234 Å². The molecule has 0 spiro atoms. The maximum atomic E-state index is 13.8. The van der Waals surface area contributed by atoms with Crippen molar-refractivity contribution in [1.82, 2.24) is 20.6 Å². The summed E-state index contributed by atoms with van der Waals surface area (Å²) in [6.45, 7) is -0.326. The first-order valence-electron chi connectivity index (χ1n) is 11.7. The summed E-state index contributed by atoms with van der Waals surface area (Å²) >= 11 is 0. The SMILES string of the molecule is N#C/C=C/C(=O)NCc1cncc(C#CCNC(=O)C(c2ccc(F)cc2)c2ncc(C(F)(F)F)cc2C(F)(F)F)c1. The summed E-state index contributed by atoms with van der Waals surface area (Å²) in [6, 6.07) is 6.93. The van der Waals surface area contributed by atoms with Crippen molar-refractivity contribution in [2.75, 3.05) is 6.54 Å². The minimum Gasteiger partial charge on any atom is -0.348 e. The second-order valence-corrected chi connectivity index (χ2v) is 8.42. The highest BCUT2D eigenvalue weighted by molar-refractivity contribution is 5.88. The van der Waals surface area contributed by atoms with Crippen LogP contribution < -0.4 is 10.6 Å². The molecular formula is C28H18F7N5O2. The van der Waals surface area contributed by atoms with Gasteiger partial charge >= 0.3 is 12.4 Å². The first-order chi connectivity index (χ1) is 19.8. The van der Waals surface area contributed by atoms with E-state index in [9.17, 15) is 40.3 Å². The van der Waals surface area contributed by atoms with Crippen molar-refractivity contribution in [3.8, 4) is 17.9 Å². The van der Waals surface area contributed by atoms with Crippen molar-refractivity contribution in [3.63, 3.8) is 0 Å². The largest absolute Gasteiger partial charge is 0.418 e. The summed E-state index contributed by atoms with van der Waals surface area (Å²) in [5.41, 5.74) is -3.67. The Morgan fingerprint density at radius 2 is 1.69 bits per heavy atom. The highest BCUT2D eigenvalue weighted by Gasteiger charge is 2.42. The molecule has 2 heterocycles. The van der Waals surface area contributed by atoms with Crippen LogP contribution in [-0.2, 0) is 28.5 Å². The van der Waals surface area contributed by atoms with E-state index < -0.39 is 59.3 Å². The zero-order valence-electron chi connectivity index (χ0n) is 21.1. The molecule has 7 nitrogen and oxygen atoms in total. The van der Waals surface area contributed by atoms with E-state index >= 15 is 0 Å². The van der Waals surface area contributed by atoms with Gasteiger partial charge in [-0.15, -0.1) is 0 Å². The highest BCUT2D eigenvalue weighted by Crippen LogP contribution is 2.40. The van der Waals surface area contributed by atoms with Gasteiger partial charge in [-0.3, -0.25) is 19.6 Å². The van der Waals surface area contributed by atoms with Gasteiger partial charge in [-0.05, 0) is 35.4 Å². The molecule has 0 aliphatic carbocycles. The second-order valence-electron chi connectivity index (χ2n) is 8.42. The van der Waals surface area contributed by atoms with Gasteiger partial charge in [-0.1, -0.05) is 24.0 Å². The second kappa shape index (κ2) is 13.4. The summed E-state index contributed by atoms with van der Waals surface area (Å²) in [5.74, 6) is 1.07. The molecule has 1 aromatic carbocycles. The molecule has 42 heavy (non-hydrogen) atoms. The number of nitriles is 1. The number of carbonyl (C=O) groups excluding carboxylic acids is 2. The third-order valence-corrected chi connectivity index (χ3v) is 5.44. The molecule has 3 rings (SSSR count). The van der Waals surface area contributed by atoms with E-state index in [1.165, 1.54) is 12.4 Å². The zero-order valence-corrected chi connectivity index (χ0v) is 21.1. The van der Waals surface area contributed by atoms with Crippen LogP contribution in [0, 0.1) is 29.0 Å². The third-order valence-electron chi connectivity index (χ3n) is 5.44. The Morgan fingerprint density at radius 1 is 0.976 bits per heavy atom. The minimum absolute atomic E-state index is 0.0644. The first-order valence-corrected chi connectivity index (χ1v) is 11.7.